The van der Waals surface area contributed by atoms with Gasteiger partial charge in [-0.3, -0.25) is 9.59 Å². The maximum absolute atomic E-state index is 12.8. The number of rotatable bonds is 7. The fourth-order valence-corrected chi connectivity index (χ4v) is 4.88. The van der Waals surface area contributed by atoms with Gasteiger partial charge in [0.15, 0.2) is 0 Å². The van der Waals surface area contributed by atoms with Crippen molar-refractivity contribution >= 4 is 21.1 Å². The Labute approximate surface area is 189 Å². The summed E-state index contributed by atoms with van der Waals surface area (Å²) >= 11 is 0. The lowest BCUT2D eigenvalue weighted by molar-refractivity contribution is 0.311. The first kappa shape index (κ1) is 22.6. The summed E-state index contributed by atoms with van der Waals surface area (Å²) in [6, 6.07) is 12.3. The summed E-state index contributed by atoms with van der Waals surface area (Å²) < 4.78 is 35.0. The van der Waals surface area contributed by atoms with Gasteiger partial charge in [-0.15, -0.1) is 0 Å². The average Bonchev–Trinajstić information content (AvgIpc) is 3.28. The second-order valence-electron chi connectivity index (χ2n) is 7.85. The number of aromatic nitrogens is 4. The smallest absolute Gasteiger partial charge is 0.316 e. The molecule has 2 N–H and O–H groups in total. The van der Waals surface area contributed by atoms with Crippen LogP contribution in [0.4, 0.5) is 0 Å². The van der Waals surface area contributed by atoms with Crippen LogP contribution in [0.1, 0.15) is 32.7 Å². The highest BCUT2D eigenvalue weighted by atomic mass is 32.2. The highest BCUT2D eigenvalue weighted by molar-refractivity contribution is 7.89. The van der Waals surface area contributed by atoms with Gasteiger partial charge in [0, 0.05) is 12.1 Å². The molecule has 11 heteroatoms. The maximum atomic E-state index is 12.8. The quantitative estimate of drug-likeness (QED) is 0.396. The largest absolute Gasteiger partial charge is 0.337 e. The van der Waals surface area contributed by atoms with Crippen LogP contribution in [0.25, 0.3) is 22.4 Å². The van der Waals surface area contributed by atoms with E-state index in [9.17, 15) is 18.0 Å². The van der Waals surface area contributed by atoms with Crippen molar-refractivity contribution in [2.24, 2.45) is 5.92 Å². The van der Waals surface area contributed by atoms with Gasteiger partial charge >= 0.3 is 11.1 Å². The SMILES string of the molecule is CCn1c(=O)c(=O)[nH]c2cc(-c3noc([C@@H](NS(=O)(=O)c4ccccc4)C(C)C)n3)ccc21. The predicted octanol–water partition coefficient (Wildman–Crippen LogP) is 2.44. The van der Waals surface area contributed by atoms with E-state index >= 15 is 0 Å². The third kappa shape index (κ3) is 4.37. The maximum Gasteiger partial charge on any atom is 0.316 e. The molecule has 0 spiro atoms. The van der Waals surface area contributed by atoms with E-state index in [4.69, 9.17) is 4.52 Å². The number of benzene rings is 2. The minimum atomic E-state index is -3.80. The molecule has 1 atom stereocenters. The molecule has 4 aromatic rings. The number of fused-ring (bicyclic) bond motifs is 1. The van der Waals surface area contributed by atoms with Crippen molar-refractivity contribution in [1.29, 1.82) is 0 Å². The van der Waals surface area contributed by atoms with Crippen molar-refractivity contribution in [3.8, 4) is 11.4 Å². The molecule has 0 aliphatic carbocycles. The Balaban J connectivity index is 1.70. The molecule has 2 aromatic carbocycles. The predicted molar refractivity (Wildman–Crippen MR) is 122 cm³/mol. The second kappa shape index (κ2) is 8.75. The molecule has 0 aliphatic rings. The summed E-state index contributed by atoms with van der Waals surface area (Å²) in [4.78, 5) is 31.1. The topological polar surface area (TPSA) is 140 Å². The zero-order valence-corrected chi connectivity index (χ0v) is 19.1. The number of aryl methyl sites for hydroxylation is 1. The molecule has 33 heavy (non-hydrogen) atoms. The normalized spacial score (nSPS) is 13.0. The van der Waals surface area contributed by atoms with E-state index in [1.54, 1.807) is 43.3 Å². The van der Waals surface area contributed by atoms with Crippen LogP contribution in [-0.2, 0) is 16.6 Å². The molecule has 0 saturated carbocycles. The summed E-state index contributed by atoms with van der Waals surface area (Å²) in [5.74, 6) is 0.168. The van der Waals surface area contributed by atoms with Crippen molar-refractivity contribution in [3.05, 3.63) is 75.1 Å². The Morgan fingerprint density at radius 3 is 2.52 bits per heavy atom. The Bertz CT molecular complexity index is 1520. The first-order valence-corrected chi connectivity index (χ1v) is 11.9. The van der Waals surface area contributed by atoms with Gasteiger partial charge in [0.1, 0.15) is 6.04 Å². The number of nitrogens with one attached hydrogen (secondary N) is 2. The third-order valence-corrected chi connectivity index (χ3v) is 6.72. The number of H-pyrrole nitrogens is 1. The summed E-state index contributed by atoms with van der Waals surface area (Å²) in [6.07, 6.45) is 0. The lowest BCUT2D eigenvalue weighted by Gasteiger charge is -2.18. The molecule has 2 heterocycles. The number of hydrogen-bond donors (Lipinski definition) is 2. The summed E-state index contributed by atoms with van der Waals surface area (Å²) in [7, 11) is -3.80. The highest BCUT2D eigenvalue weighted by Crippen LogP contribution is 2.26. The van der Waals surface area contributed by atoms with Gasteiger partial charge in [0.05, 0.1) is 15.9 Å². The first-order valence-electron chi connectivity index (χ1n) is 10.4. The molecule has 10 nitrogen and oxygen atoms in total. The summed E-state index contributed by atoms with van der Waals surface area (Å²) in [5, 5.41) is 4.00. The van der Waals surface area contributed by atoms with Crippen molar-refractivity contribution < 1.29 is 12.9 Å². The van der Waals surface area contributed by atoms with Crippen LogP contribution < -0.4 is 15.8 Å². The van der Waals surface area contributed by atoms with Crippen LogP contribution in [0.5, 0.6) is 0 Å². The Morgan fingerprint density at radius 1 is 1.12 bits per heavy atom. The van der Waals surface area contributed by atoms with Crippen molar-refractivity contribution in [3.63, 3.8) is 0 Å². The second-order valence-corrected chi connectivity index (χ2v) is 9.56. The number of hydrogen-bond acceptors (Lipinski definition) is 7. The van der Waals surface area contributed by atoms with Crippen molar-refractivity contribution in [2.75, 3.05) is 0 Å². The molecule has 0 amide bonds. The summed E-state index contributed by atoms with van der Waals surface area (Å²) in [5.41, 5.74) is 0.235. The van der Waals surface area contributed by atoms with Crippen LogP contribution in [0.3, 0.4) is 0 Å². The zero-order chi connectivity index (χ0) is 23.8. The zero-order valence-electron chi connectivity index (χ0n) is 18.3. The molecule has 0 saturated heterocycles. The van der Waals surface area contributed by atoms with E-state index in [0.29, 0.717) is 23.1 Å². The third-order valence-electron chi connectivity index (χ3n) is 5.26. The Kier molecular flexibility index (Phi) is 6.00. The lowest BCUT2D eigenvalue weighted by Crippen LogP contribution is -2.35. The Morgan fingerprint density at radius 2 is 1.85 bits per heavy atom. The Hall–Kier alpha value is -3.57. The van der Waals surface area contributed by atoms with Crippen LogP contribution in [0, 0.1) is 5.92 Å². The lowest BCUT2D eigenvalue weighted by atomic mass is 10.1. The fraction of sp³-hybridized carbons (Fsp3) is 0.273. The molecular weight excluding hydrogens is 446 g/mol. The number of sulfonamides is 1. The van der Waals surface area contributed by atoms with Gasteiger partial charge < -0.3 is 14.1 Å². The fourth-order valence-electron chi connectivity index (χ4n) is 3.52. The molecule has 0 fully saturated rings. The van der Waals surface area contributed by atoms with Crippen LogP contribution in [0.2, 0.25) is 0 Å². The first-order chi connectivity index (χ1) is 15.7. The summed E-state index contributed by atoms with van der Waals surface area (Å²) in [6.45, 7) is 5.81. The van der Waals surface area contributed by atoms with Gasteiger partial charge in [-0.2, -0.15) is 9.71 Å². The molecule has 2 aromatic heterocycles. The molecule has 172 valence electrons. The molecule has 0 unspecified atom stereocenters. The molecule has 0 bridgehead atoms. The van der Waals surface area contributed by atoms with Crippen LogP contribution in [0.15, 0.2) is 67.5 Å². The van der Waals surface area contributed by atoms with Crippen molar-refractivity contribution in [1.82, 2.24) is 24.4 Å². The van der Waals surface area contributed by atoms with Gasteiger partial charge in [-0.1, -0.05) is 37.2 Å². The van der Waals surface area contributed by atoms with E-state index in [-0.39, 0.29) is 22.5 Å². The molecule has 0 radical (unpaired) electrons. The van der Waals surface area contributed by atoms with E-state index < -0.39 is 27.2 Å². The van der Waals surface area contributed by atoms with Crippen molar-refractivity contribution in [2.45, 2.75) is 38.3 Å². The minimum Gasteiger partial charge on any atom is -0.337 e. The van der Waals surface area contributed by atoms with E-state index in [1.807, 2.05) is 13.8 Å². The molecule has 0 aliphatic heterocycles. The minimum absolute atomic E-state index is 0.117. The number of aromatic amines is 1. The van der Waals surface area contributed by atoms with E-state index in [2.05, 4.69) is 19.8 Å². The number of nitrogens with zero attached hydrogens (tertiary/aromatic N) is 3. The van der Waals surface area contributed by atoms with E-state index in [1.165, 1.54) is 16.7 Å². The van der Waals surface area contributed by atoms with Crippen LogP contribution >= 0.6 is 0 Å². The molecular formula is C22H23N5O5S. The standard InChI is InChI=1S/C22H23N5O5S/c1-4-27-17-11-10-14(12-16(17)23-20(28)22(27)29)19-24-21(32-25-19)18(13(2)3)26-33(30,31)15-8-6-5-7-9-15/h5-13,18,26H,4H2,1-3H3,(H,23,28)/t18-/m0/s1. The van der Waals surface area contributed by atoms with Gasteiger partial charge in [-0.05, 0) is 43.2 Å². The van der Waals surface area contributed by atoms with Gasteiger partial charge in [-0.25, -0.2) is 8.42 Å². The monoisotopic (exact) mass is 469 g/mol. The van der Waals surface area contributed by atoms with Crippen LogP contribution in [-0.4, -0.2) is 28.1 Å². The average molecular weight is 470 g/mol. The van der Waals surface area contributed by atoms with E-state index in [0.717, 1.165) is 0 Å². The van der Waals surface area contributed by atoms with Gasteiger partial charge in [0.2, 0.25) is 21.7 Å². The van der Waals surface area contributed by atoms with Gasteiger partial charge in [0.25, 0.3) is 0 Å². The molecule has 4 rings (SSSR count). The highest BCUT2D eigenvalue weighted by Gasteiger charge is 2.28.